The Morgan fingerprint density at radius 1 is 1.03 bits per heavy atom. The number of halogens is 1. The third-order valence-electron chi connectivity index (χ3n) is 5.36. The first-order chi connectivity index (χ1) is 16.6. The molecule has 3 heterocycles. The Labute approximate surface area is 211 Å². The molecule has 2 amide bonds. The largest absolute Gasteiger partial charge is 0.367 e. The van der Waals surface area contributed by atoms with E-state index in [1.54, 1.807) is 31.5 Å². The van der Waals surface area contributed by atoms with E-state index in [-0.39, 0.29) is 5.91 Å². The minimum absolute atomic E-state index is 0.0857. The molecule has 13 heteroatoms. The van der Waals surface area contributed by atoms with Crippen LogP contribution in [0.1, 0.15) is 17.3 Å². The predicted octanol–water partition coefficient (Wildman–Crippen LogP) is 2.32. The molecule has 0 saturated carbocycles. The van der Waals surface area contributed by atoms with Crippen molar-refractivity contribution in [3.63, 3.8) is 0 Å². The van der Waals surface area contributed by atoms with E-state index < -0.39 is 15.9 Å². The fourth-order valence-electron chi connectivity index (χ4n) is 3.68. The van der Waals surface area contributed by atoms with Gasteiger partial charge in [0.1, 0.15) is 0 Å². The van der Waals surface area contributed by atoms with Crippen molar-refractivity contribution in [3.8, 4) is 5.82 Å². The van der Waals surface area contributed by atoms with Crippen molar-refractivity contribution < 1.29 is 18.0 Å². The summed E-state index contributed by atoms with van der Waals surface area (Å²) in [6, 6.07) is 8.52. The maximum atomic E-state index is 12.7. The fraction of sp³-hybridized carbons (Fsp3) is 0.273. The number of hydrogen-bond donors (Lipinski definition) is 2. The van der Waals surface area contributed by atoms with Gasteiger partial charge in [0, 0.05) is 49.5 Å². The van der Waals surface area contributed by atoms with E-state index in [1.165, 1.54) is 16.9 Å². The average Bonchev–Trinajstić information content (AvgIpc) is 3.28. The maximum absolute atomic E-state index is 12.7. The lowest BCUT2D eigenvalue weighted by molar-refractivity contribution is -0.129. The van der Waals surface area contributed by atoms with E-state index in [0.717, 1.165) is 25.0 Å². The molecule has 1 aliphatic heterocycles. The Morgan fingerprint density at radius 3 is 2.37 bits per heavy atom. The van der Waals surface area contributed by atoms with Crippen LogP contribution in [0.15, 0.2) is 53.4 Å². The first kappa shape index (κ1) is 24.7. The number of anilines is 3. The highest BCUT2D eigenvalue weighted by molar-refractivity contribution is 9.10. The lowest BCUT2D eigenvalue weighted by atomic mass is 10.2. The Kier molecular flexibility index (Phi) is 7.08. The number of nitrogens with zero attached hydrogens (tertiary/aromatic N) is 5. The first-order valence-corrected chi connectivity index (χ1v) is 13.4. The Hall–Kier alpha value is -3.45. The second-order valence-corrected chi connectivity index (χ2v) is 10.8. The summed E-state index contributed by atoms with van der Waals surface area (Å²) >= 11 is 3.31. The predicted molar refractivity (Wildman–Crippen MR) is 136 cm³/mol. The zero-order valence-corrected chi connectivity index (χ0v) is 21.5. The summed E-state index contributed by atoms with van der Waals surface area (Å²) in [7, 11) is -3.46. The van der Waals surface area contributed by atoms with Gasteiger partial charge in [-0.15, -0.1) is 0 Å². The van der Waals surface area contributed by atoms with Gasteiger partial charge in [0.05, 0.1) is 35.6 Å². The number of aromatic nitrogens is 3. The molecule has 0 unspecified atom stereocenters. The Bertz CT molecular complexity index is 1350. The molecule has 0 aliphatic carbocycles. The van der Waals surface area contributed by atoms with Gasteiger partial charge >= 0.3 is 0 Å². The van der Waals surface area contributed by atoms with Crippen LogP contribution in [0, 0.1) is 0 Å². The molecule has 1 aromatic carbocycles. The maximum Gasteiger partial charge on any atom is 0.258 e. The number of pyridine rings is 1. The second kappa shape index (κ2) is 10.0. The van der Waals surface area contributed by atoms with Crippen molar-refractivity contribution in [1.29, 1.82) is 0 Å². The van der Waals surface area contributed by atoms with E-state index in [0.29, 0.717) is 40.3 Å². The smallest absolute Gasteiger partial charge is 0.258 e. The highest BCUT2D eigenvalue weighted by Crippen LogP contribution is 2.24. The monoisotopic (exact) mass is 561 g/mol. The molecule has 184 valence electrons. The summed E-state index contributed by atoms with van der Waals surface area (Å²) in [5.74, 6) is 0.236. The normalized spacial score (nSPS) is 14.0. The van der Waals surface area contributed by atoms with Crippen LogP contribution in [0.4, 0.5) is 17.1 Å². The molecule has 0 atom stereocenters. The molecule has 3 aromatic rings. The van der Waals surface area contributed by atoms with Crippen molar-refractivity contribution in [2.24, 2.45) is 0 Å². The molecular formula is C22H24BrN7O4S. The number of carbonyl (C=O) groups excluding carboxylic acids is 2. The highest BCUT2D eigenvalue weighted by atomic mass is 79.9. The summed E-state index contributed by atoms with van der Waals surface area (Å²) in [5.41, 5.74) is 2.00. The second-order valence-electron chi connectivity index (χ2n) is 8.10. The standard InChI is InChI=1S/C22H24BrN7O4S/c1-15(31)28-5-7-29(8-6-28)20-3-4-21(24-13-20)30-14-16(12-25-30)22(32)26-18-9-17(23)10-19(11-18)27-35(2,33)34/h3-4,9-14,27H,5-8H2,1-2H3,(H,26,32). The van der Waals surface area contributed by atoms with Gasteiger partial charge in [0.25, 0.3) is 5.91 Å². The molecule has 11 nitrogen and oxygen atoms in total. The summed E-state index contributed by atoms with van der Waals surface area (Å²) < 4.78 is 27.5. The molecule has 1 aliphatic rings. The van der Waals surface area contributed by atoms with E-state index in [4.69, 9.17) is 0 Å². The molecule has 0 spiro atoms. The van der Waals surface area contributed by atoms with Gasteiger partial charge in [-0.05, 0) is 30.3 Å². The number of amides is 2. The molecule has 0 radical (unpaired) electrons. The number of carbonyl (C=O) groups is 2. The molecule has 1 saturated heterocycles. The fourth-order valence-corrected chi connectivity index (χ4v) is 4.72. The van der Waals surface area contributed by atoms with Crippen molar-refractivity contribution in [3.05, 3.63) is 59.0 Å². The molecular weight excluding hydrogens is 538 g/mol. The van der Waals surface area contributed by atoms with Crippen molar-refractivity contribution >= 4 is 54.8 Å². The van der Waals surface area contributed by atoms with Gasteiger partial charge in [0.2, 0.25) is 15.9 Å². The summed E-state index contributed by atoms with van der Waals surface area (Å²) in [5, 5.41) is 6.98. The average molecular weight is 562 g/mol. The first-order valence-electron chi connectivity index (χ1n) is 10.7. The van der Waals surface area contributed by atoms with Crippen LogP contribution >= 0.6 is 15.9 Å². The zero-order chi connectivity index (χ0) is 25.2. The van der Waals surface area contributed by atoms with Crippen LogP contribution in [0.25, 0.3) is 5.82 Å². The van der Waals surface area contributed by atoms with Crippen molar-refractivity contribution in [2.45, 2.75) is 6.92 Å². The molecule has 1 fully saturated rings. The van der Waals surface area contributed by atoms with Gasteiger partial charge in [-0.2, -0.15) is 5.10 Å². The quantitative estimate of drug-likeness (QED) is 0.472. The Balaban J connectivity index is 1.42. The minimum atomic E-state index is -3.46. The van der Waals surface area contributed by atoms with E-state index in [2.05, 4.69) is 41.0 Å². The molecule has 2 N–H and O–H groups in total. The molecule has 4 rings (SSSR count). The van der Waals surface area contributed by atoms with Gasteiger partial charge in [-0.25, -0.2) is 18.1 Å². The van der Waals surface area contributed by atoms with Gasteiger partial charge in [-0.1, -0.05) is 15.9 Å². The zero-order valence-electron chi connectivity index (χ0n) is 19.1. The number of benzene rings is 1. The van der Waals surface area contributed by atoms with Crippen molar-refractivity contribution in [1.82, 2.24) is 19.7 Å². The summed E-state index contributed by atoms with van der Waals surface area (Å²) in [6.07, 6.45) is 5.80. The number of nitrogens with one attached hydrogen (secondary N) is 2. The Morgan fingerprint density at radius 2 is 1.74 bits per heavy atom. The van der Waals surface area contributed by atoms with E-state index in [1.807, 2.05) is 17.0 Å². The third-order valence-corrected chi connectivity index (χ3v) is 6.43. The van der Waals surface area contributed by atoms with Crippen LogP contribution in [-0.2, 0) is 14.8 Å². The lowest BCUT2D eigenvalue weighted by Crippen LogP contribution is -2.48. The van der Waals surface area contributed by atoms with Crippen LogP contribution < -0.4 is 14.9 Å². The van der Waals surface area contributed by atoms with Crippen LogP contribution in [-0.4, -0.2) is 72.3 Å². The summed E-state index contributed by atoms with van der Waals surface area (Å²) in [4.78, 5) is 32.7. The van der Waals surface area contributed by atoms with Gasteiger partial charge in [-0.3, -0.25) is 14.3 Å². The van der Waals surface area contributed by atoms with Crippen LogP contribution in [0.5, 0.6) is 0 Å². The number of sulfonamides is 1. The highest BCUT2D eigenvalue weighted by Gasteiger charge is 2.19. The van der Waals surface area contributed by atoms with E-state index >= 15 is 0 Å². The minimum Gasteiger partial charge on any atom is -0.367 e. The molecule has 0 bridgehead atoms. The number of rotatable bonds is 6. The number of piperazine rings is 1. The lowest BCUT2D eigenvalue weighted by Gasteiger charge is -2.35. The van der Waals surface area contributed by atoms with Crippen molar-refractivity contribution in [2.75, 3.05) is 47.4 Å². The third kappa shape index (κ3) is 6.36. The molecule has 2 aromatic heterocycles. The molecule has 35 heavy (non-hydrogen) atoms. The van der Waals surface area contributed by atoms with Gasteiger partial charge in [0.15, 0.2) is 5.82 Å². The van der Waals surface area contributed by atoms with E-state index in [9.17, 15) is 18.0 Å². The summed E-state index contributed by atoms with van der Waals surface area (Å²) in [6.45, 7) is 4.42. The van der Waals surface area contributed by atoms with Gasteiger partial charge < -0.3 is 15.1 Å². The van der Waals surface area contributed by atoms with Crippen LogP contribution in [0.3, 0.4) is 0 Å². The number of hydrogen-bond acceptors (Lipinski definition) is 7. The topological polar surface area (TPSA) is 130 Å². The SMILES string of the molecule is CC(=O)N1CCN(c2ccc(-n3cc(C(=O)Nc4cc(Br)cc(NS(C)(=O)=O)c4)cn3)nc2)CC1. The van der Waals surface area contributed by atoms with Crippen LogP contribution in [0.2, 0.25) is 0 Å².